The Morgan fingerprint density at radius 1 is 1.08 bits per heavy atom. The van der Waals surface area contributed by atoms with Crippen molar-refractivity contribution < 1.29 is 9.84 Å². The first-order valence-electron chi connectivity index (χ1n) is 8.02. The second-order valence-corrected chi connectivity index (χ2v) is 6.10. The average Bonchev–Trinajstić information content (AvgIpc) is 2.57. The zero-order valence-corrected chi connectivity index (χ0v) is 14.8. The van der Waals surface area contributed by atoms with Crippen molar-refractivity contribution in [2.24, 2.45) is 5.10 Å². The molecule has 2 N–H and O–H groups in total. The van der Waals surface area contributed by atoms with E-state index in [2.05, 4.69) is 48.4 Å². The number of hydrogen-bond acceptors (Lipinski definition) is 5. The first-order valence-corrected chi connectivity index (χ1v) is 8.02. The molecule has 2 aromatic carbocycles. The maximum atomic E-state index is 9.89. The minimum absolute atomic E-state index is 0.139. The molecule has 0 radical (unpaired) electrons. The van der Waals surface area contributed by atoms with Gasteiger partial charge in [-0.25, -0.2) is 4.98 Å². The molecule has 0 saturated carbocycles. The summed E-state index contributed by atoms with van der Waals surface area (Å²) in [5.41, 5.74) is 7.97. The number of aryl methyl sites for hydroxylation is 3. The van der Waals surface area contributed by atoms with Crippen molar-refractivity contribution >= 4 is 22.9 Å². The molecular formula is C20H21N3O2. The predicted octanol–water partition coefficient (Wildman–Crippen LogP) is 4.32. The van der Waals surface area contributed by atoms with Gasteiger partial charge in [-0.15, -0.1) is 0 Å². The number of hydrazone groups is 1. The predicted molar refractivity (Wildman–Crippen MR) is 102 cm³/mol. The van der Waals surface area contributed by atoms with Gasteiger partial charge in [-0.1, -0.05) is 11.6 Å². The van der Waals surface area contributed by atoms with Gasteiger partial charge in [0.1, 0.15) is 17.3 Å². The van der Waals surface area contributed by atoms with Crippen LogP contribution in [0.3, 0.4) is 0 Å². The summed E-state index contributed by atoms with van der Waals surface area (Å²) < 4.78 is 5.16. The first kappa shape index (κ1) is 16.8. The number of aromatic nitrogens is 1. The number of aromatic hydroxyl groups is 1. The van der Waals surface area contributed by atoms with E-state index in [0.717, 1.165) is 22.0 Å². The van der Waals surface area contributed by atoms with Crippen molar-refractivity contribution in [3.05, 3.63) is 58.7 Å². The van der Waals surface area contributed by atoms with Crippen LogP contribution in [0.4, 0.5) is 5.82 Å². The van der Waals surface area contributed by atoms with Gasteiger partial charge in [0.15, 0.2) is 0 Å². The quantitative estimate of drug-likeness (QED) is 0.550. The molecule has 5 nitrogen and oxygen atoms in total. The SMILES string of the molecule is COc1ccc(O)c(/C=N/Nc2cc(C)c3cc(C)cc(C)c3n2)c1. The number of phenolic OH excluding ortho intramolecular Hbond substituents is 1. The van der Waals surface area contributed by atoms with E-state index in [1.807, 2.05) is 6.07 Å². The van der Waals surface area contributed by atoms with Crippen LogP contribution >= 0.6 is 0 Å². The van der Waals surface area contributed by atoms with Crippen LogP contribution in [0.15, 0.2) is 41.5 Å². The normalized spacial score (nSPS) is 11.2. The van der Waals surface area contributed by atoms with Crippen LogP contribution in [0.5, 0.6) is 11.5 Å². The number of nitrogens with one attached hydrogen (secondary N) is 1. The molecule has 0 aliphatic rings. The molecule has 0 saturated heterocycles. The number of nitrogens with zero attached hydrogens (tertiary/aromatic N) is 2. The van der Waals surface area contributed by atoms with E-state index in [-0.39, 0.29) is 5.75 Å². The molecule has 0 atom stereocenters. The van der Waals surface area contributed by atoms with Gasteiger partial charge >= 0.3 is 0 Å². The molecule has 0 aliphatic carbocycles. The Morgan fingerprint density at radius 2 is 1.88 bits per heavy atom. The van der Waals surface area contributed by atoms with Crippen LogP contribution in [0.2, 0.25) is 0 Å². The van der Waals surface area contributed by atoms with Gasteiger partial charge in [-0.05, 0) is 62.2 Å². The Labute approximate surface area is 147 Å². The Balaban J connectivity index is 1.89. The van der Waals surface area contributed by atoms with E-state index in [1.165, 1.54) is 5.56 Å². The maximum Gasteiger partial charge on any atom is 0.147 e. The Kier molecular flexibility index (Phi) is 4.57. The standard InChI is InChI=1S/C20H21N3O2/c1-12-7-14(3)20-17(8-12)13(2)9-19(22-20)23-21-11-15-10-16(25-4)5-6-18(15)24/h5-11,24H,1-4H3,(H,22,23)/b21-11+. The highest BCUT2D eigenvalue weighted by molar-refractivity contribution is 5.88. The lowest BCUT2D eigenvalue weighted by Crippen LogP contribution is -1.97. The molecule has 0 amide bonds. The van der Waals surface area contributed by atoms with Gasteiger partial charge in [-0.3, -0.25) is 5.43 Å². The summed E-state index contributed by atoms with van der Waals surface area (Å²) in [6.45, 7) is 6.21. The van der Waals surface area contributed by atoms with Crippen molar-refractivity contribution in [3.8, 4) is 11.5 Å². The van der Waals surface area contributed by atoms with E-state index in [4.69, 9.17) is 4.74 Å². The van der Waals surface area contributed by atoms with Gasteiger partial charge in [0.2, 0.25) is 0 Å². The molecule has 0 spiro atoms. The van der Waals surface area contributed by atoms with Crippen molar-refractivity contribution in [2.75, 3.05) is 12.5 Å². The average molecular weight is 335 g/mol. The molecule has 25 heavy (non-hydrogen) atoms. The van der Waals surface area contributed by atoms with Gasteiger partial charge in [0.25, 0.3) is 0 Å². The Morgan fingerprint density at radius 3 is 2.64 bits per heavy atom. The molecule has 5 heteroatoms. The summed E-state index contributed by atoms with van der Waals surface area (Å²) in [6.07, 6.45) is 1.54. The smallest absolute Gasteiger partial charge is 0.147 e. The fourth-order valence-electron chi connectivity index (χ4n) is 2.83. The summed E-state index contributed by atoms with van der Waals surface area (Å²) >= 11 is 0. The third-order valence-electron chi connectivity index (χ3n) is 4.07. The summed E-state index contributed by atoms with van der Waals surface area (Å²) in [5.74, 6) is 1.46. The Bertz CT molecular complexity index is 965. The van der Waals surface area contributed by atoms with Crippen molar-refractivity contribution in [2.45, 2.75) is 20.8 Å². The zero-order valence-electron chi connectivity index (χ0n) is 14.8. The summed E-state index contributed by atoms with van der Waals surface area (Å²) in [4.78, 5) is 4.65. The highest BCUT2D eigenvalue weighted by Gasteiger charge is 2.06. The molecule has 3 rings (SSSR count). The van der Waals surface area contributed by atoms with Gasteiger partial charge in [0.05, 0.1) is 18.8 Å². The van der Waals surface area contributed by atoms with Crippen LogP contribution in [0, 0.1) is 20.8 Å². The van der Waals surface area contributed by atoms with Crippen LogP contribution in [0.1, 0.15) is 22.3 Å². The van der Waals surface area contributed by atoms with Crippen molar-refractivity contribution in [1.29, 1.82) is 0 Å². The summed E-state index contributed by atoms with van der Waals surface area (Å²) in [5, 5.41) is 15.2. The number of pyridine rings is 1. The number of fused-ring (bicyclic) bond motifs is 1. The minimum Gasteiger partial charge on any atom is -0.507 e. The molecule has 128 valence electrons. The number of hydrogen-bond donors (Lipinski definition) is 2. The van der Waals surface area contributed by atoms with Crippen LogP contribution < -0.4 is 10.2 Å². The lowest BCUT2D eigenvalue weighted by Gasteiger charge is -2.09. The van der Waals surface area contributed by atoms with Gasteiger partial charge < -0.3 is 9.84 Å². The summed E-state index contributed by atoms with van der Waals surface area (Å²) in [6, 6.07) is 11.2. The fraction of sp³-hybridized carbons (Fsp3) is 0.200. The largest absolute Gasteiger partial charge is 0.507 e. The molecule has 3 aromatic rings. The van der Waals surface area contributed by atoms with Crippen molar-refractivity contribution in [1.82, 2.24) is 4.98 Å². The van der Waals surface area contributed by atoms with Crippen LogP contribution in [-0.2, 0) is 0 Å². The number of benzene rings is 2. The van der Waals surface area contributed by atoms with E-state index in [9.17, 15) is 5.11 Å². The summed E-state index contributed by atoms with van der Waals surface area (Å²) in [7, 11) is 1.58. The number of ether oxygens (including phenoxy) is 1. The van der Waals surface area contributed by atoms with Gasteiger partial charge in [0, 0.05) is 10.9 Å². The second-order valence-electron chi connectivity index (χ2n) is 6.10. The van der Waals surface area contributed by atoms with E-state index in [1.54, 1.807) is 31.5 Å². The fourth-order valence-corrected chi connectivity index (χ4v) is 2.83. The molecule has 0 aliphatic heterocycles. The molecule has 0 unspecified atom stereocenters. The third kappa shape index (κ3) is 3.55. The second kappa shape index (κ2) is 6.81. The molecule has 1 heterocycles. The maximum absolute atomic E-state index is 9.89. The van der Waals surface area contributed by atoms with Gasteiger partial charge in [-0.2, -0.15) is 5.10 Å². The molecule has 0 bridgehead atoms. The lowest BCUT2D eigenvalue weighted by molar-refractivity contribution is 0.412. The van der Waals surface area contributed by atoms with Crippen LogP contribution in [0.25, 0.3) is 10.9 Å². The van der Waals surface area contributed by atoms with Crippen LogP contribution in [-0.4, -0.2) is 23.4 Å². The number of anilines is 1. The van der Waals surface area contributed by atoms with E-state index < -0.39 is 0 Å². The molecule has 0 fully saturated rings. The number of phenols is 1. The highest BCUT2D eigenvalue weighted by Crippen LogP contribution is 2.25. The monoisotopic (exact) mass is 335 g/mol. The number of rotatable bonds is 4. The zero-order chi connectivity index (χ0) is 18.0. The topological polar surface area (TPSA) is 66.7 Å². The van der Waals surface area contributed by atoms with Crippen molar-refractivity contribution in [3.63, 3.8) is 0 Å². The molecule has 1 aromatic heterocycles. The molecular weight excluding hydrogens is 314 g/mol. The minimum atomic E-state index is 0.139. The van der Waals surface area contributed by atoms with E-state index in [0.29, 0.717) is 17.1 Å². The van der Waals surface area contributed by atoms with E-state index >= 15 is 0 Å². The highest BCUT2D eigenvalue weighted by atomic mass is 16.5. The Hall–Kier alpha value is -3.08. The lowest BCUT2D eigenvalue weighted by atomic mass is 10.0. The third-order valence-corrected chi connectivity index (χ3v) is 4.07. The number of methoxy groups -OCH3 is 1. The first-order chi connectivity index (χ1) is 12.0.